The number of Topliss-reactive ketones (excluding diaryl/α,β-unsaturated/α-hetero) is 1. The molecule has 23 heavy (non-hydrogen) atoms. The summed E-state index contributed by atoms with van der Waals surface area (Å²) in [5.74, 6) is 0.574. The predicted octanol–water partition coefficient (Wildman–Crippen LogP) is 4.61. The fraction of sp³-hybridized carbons (Fsp3) is 0.200. The molecule has 2 aromatic carbocycles. The predicted molar refractivity (Wildman–Crippen MR) is 91.4 cm³/mol. The van der Waals surface area contributed by atoms with Gasteiger partial charge in [-0.05, 0) is 35.3 Å². The van der Waals surface area contributed by atoms with Crippen molar-refractivity contribution >= 4 is 11.9 Å². The van der Waals surface area contributed by atoms with Gasteiger partial charge in [-0.2, -0.15) is 5.26 Å². The van der Waals surface area contributed by atoms with E-state index in [1.54, 1.807) is 30.3 Å². The van der Waals surface area contributed by atoms with Crippen molar-refractivity contribution in [2.24, 2.45) is 0 Å². The highest BCUT2D eigenvalue weighted by Crippen LogP contribution is 2.22. The number of carbonyl (C=O) groups excluding carboxylic acids is 1. The summed E-state index contributed by atoms with van der Waals surface area (Å²) in [6.45, 7) is 4.24. The molecule has 3 nitrogen and oxygen atoms in total. The second-order valence-corrected chi connectivity index (χ2v) is 5.52. The lowest BCUT2D eigenvalue weighted by atomic mass is 9.98. The zero-order valence-corrected chi connectivity index (χ0v) is 13.5. The van der Waals surface area contributed by atoms with Crippen LogP contribution in [0, 0.1) is 11.3 Å². The van der Waals surface area contributed by atoms with Gasteiger partial charge >= 0.3 is 0 Å². The highest BCUT2D eigenvalue weighted by molar-refractivity contribution is 6.15. The number of carbonyl (C=O) groups is 1. The van der Waals surface area contributed by atoms with Crippen LogP contribution in [0.1, 0.15) is 41.3 Å². The summed E-state index contributed by atoms with van der Waals surface area (Å²) in [7, 11) is 1.51. The Kier molecular flexibility index (Phi) is 5.32. The zero-order chi connectivity index (χ0) is 16.8. The van der Waals surface area contributed by atoms with E-state index in [9.17, 15) is 10.1 Å². The summed E-state index contributed by atoms with van der Waals surface area (Å²) in [6, 6.07) is 16.8. The fourth-order valence-corrected chi connectivity index (χ4v) is 2.27. The van der Waals surface area contributed by atoms with Gasteiger partial charge in [0.2, 0.25) is 5.78 Å². The van der Waals surface area contributed by atoms with Crippen molar-refractivity contribution in [1.29, 1.82) is 5.26 Å². The van der Waals surface area contributed by atoms with Crippen LogP contribution in [0.25, 0.3) is 6.08 Å². The summed E-state index contributed by atoms with van der Waals surface area (Å²) < 4.78 is 5.20. The van der Waals surface area contributed by atoms with E-state index in [4.69, 9.17) is 4.74 Å². The molecule has 0 fully saturated rings. The van der Waals surface area contributed by atoms with Crippen LogP contribution < -0.4 is 4.74 Å². The summed E-state index contributed by atoms with van der Waals surface area (Å²) >= 11 is 0. The van der Waals surface area contributed by atoms with Crippen molar-refractivity contribution < 1.29 is 9.53 Å². The van der Waals surface area contributed by atoms with Crippen molar-refractivity contribution in [3.8, 4) is 11.8 Å². The van der Waals surface area contributed by atoms with E-state index in [0.29, 0.717) is 17.2 Å². The Bertz CT molecular complexity index is 765. The van der Waals surface area contributed by atoms with Gasteiger partial charge in [0.15, 0.2) is 0 Å². The number of ether oxygens (including phenoxy) is 1. The van der Waals surface area contributed by atoms with Crippen LogP contribution >= 0.6 is 0 Å². The van der Waals surface area contributed by atoms with Crippen molar-refractivity contribution in [3.63, 3.8) is 0 Å². The van der Waals surface area contributed by atoms with Gasteiger partial charge in [-0.3, -0.25) is 4.79 Å². The SMILES string of the molecule is COc1ccccc1C(=O)/C(C#N)=C/c1ccc(C(C)C)cc1. The van der Waals surface area contributed by atoms with Crippen molar-refractivity contribution in [1.82, 2.24) is 0 Å². The number of methoxy groups -OCH3 is 1. The van der Waals surface area contributed by atoms with Gasteiger partial charge in [-0.1, -0.05) is 50.2 Å². The van der Waals surface area contributed by atoms with Crippen molar-refractivity contribution in [2.45, 2.75) is 19.8 Å². The number of ketones is 1. The average molecular weight is 305 g/mol. The number of nitrogens with zero attached hydrogens (tertiary/aromatic N) is 1. The van der Waals surface area contributed by atoms with E-state index in [1.165, 1.54) is 12.7 Å². The zero-order valence-electron chi connectivity index (χ0n) is 13.5. The Balaban J connectivity index is 2.35. The Morgan fingerprint density at radius 2 is 1.78 bits per heavy atom. The molecule has 0 aliphatic carbocycles. The second kappa shape index (κ2) is 7.42. The molecule has 0 atom stereocenters. The van der Waals surface area contributed by atoms with E-state index in [1.807, 2.05) is 30.3 Å². The molecular weight excluding hydrogens is 286 g/mol. The van der Waals surface area contributed by atoms with Crippen molar-refractivity contribution in [2.75, 3.05) is 7.11 Å². The minimum Gasteiger partial charge on any atom is -0.496 e. The lowest BCUT2D eigenvalue weighted by Gasteiger charge is -2.07. The van der Waals surface area contributed by atoms with Crippen LogP contribution in [0.3, 0.4) is 0 Å². The van der Waals surface area contributed by atoms with E-state index >= 15 is 0 Å². The number of allylic oxidation sites excluding steroid dienone is 1. The van der Waals surface area contributed by atoms with Gasteiger partial charge < -0.3 is 4.74 Å². The number of nitriles is 1. The molecule has 0 aromatic heterocycles. The molecule has 0 aliphatic rings. The van der Waals surface area contributed by atoms with Gasteiger partial charge in [-0.15, -0.1) is 0 Å². The molecule has 2 rings (SSSR count). The first-order valence-electron chi connectivity index (χ1n) is 7.46. The summed E-state index contributed by atoms with van der Waals surface area (Å²) in [5.41, 5.74) is 2.53. The average Bonchev–Trinajstić information content (AvgIpc) is 2.59. The molecule has 0 amide bonds. The number of para-hydroxylation sites is 1. The maximum atomic E-state index is 12.6. The van der Waals surface area contributed by atoms with Gasteiger partial charge in [0.05, 0.1) is 12.7 Å². The van der Waals surface area contributed by atoms with Crippen LogP contribution in [0.15, 0.2) is 54.1 Å². The molecule has 0 bridgehead atoms. The topological polar surface area (TPSA) is 50.1 Å². The first kappa shape index (κ1) is 16.5. The van der Waals surface area contributed by atoms with E-state index in [0.717, 1.165) is 5.56 Å². The highest BCUT2D eigenvalue weighted by atomic mass is 16.5. The summed E-state index contributed by atoms with van der Waals surface area (Å²) in [5, 5.41) is 9.35. The molecule has 0 N–H and O–H groups in total. The molecule has 2 aromatic rings. The maximum Gasteiger partial charge on any atom is 0.207 e. The number of hydrogen-bond donors (Lipinski definition) is 0. The molecule has 0 spiro atoms. The Morgan fingerprint density at radius 1 is 1.13 bits per heavy atom. The normalized spacial score (nSPS) is 11.2. The van der Waals surface area contributed by atoms with Gasteiger partial charge in [0.25, 0.3) is 0 Å². The second-order valence-electron chi connectivity index (χ2n) is 5.52. The number of hydrogen-bond acceptors (Lipinski definition) is 3. The third kappa shape index (κ3) is 3.87. The van der Waals surface area contributed by atoms with Gasteiger partial charge in [0.1, 0.15) is 17.4 Å². The van der Waals surface area contributed by atoms with Crippen molar-refractivity contribution in [3.05, 3.63) is 70.8 Å². The Hall–Kier alpha value is -2.86. The van der Waals surface area contributed by atoms with Gasteiger partial charge in [0, 0.05) is 0 Å². The fourth-order valence-electron chi connectivity index (χ4n) is 2.27. The Morgan fingerprint density at radius 3 is 2.35 bits per heavy atom. The third-order valence-electron chi connectivity index (χ3n) is 3.63. The smallest absolute Gasteiger partial charge is 0.207 e. The van der Waals surface area contributed by atoms with E-state index < -0.39 is 0 Å². The summed E-state index contributed by atoms with van der Waals surface area (Å²) in [6.07, 6.45) is 1.61. The highest BCUT2D eigenvalue weighted by Gasteiger charge is 2.16. The molecule has 0 radical (unpaired) electrons. The van der Waals surface area contributed by atoms with Crippen LogP contribution in [-0.4, -0.2) is 12.9 Å². The standard InChI is InChI=1S/C20H19NO2/c1-14(2)16-10-8-15(9-11-16)12-17(13-21)20(22)18-6-4-5-7-19(18)23-3/h4-12,14H,1-3H3/b17-12+. The largest absolute Gasteiger partial charge is 0.496 e. The maximum absolute atomic E-state index is 12.6. The molecule has 0 saturated heterocycles. The van der Waals surface area contributed by atoms with Crippen LogP contribution in [0.4, 0.5) is 0 Å². The number of benzene rings is 2. The Labute approximate surface area is 136 Å². The van der Waals surface area contributed by atoms with Crippen LogP contribution in [0.5, 0.6) is 5.75 Å². The quantitative estimate of drug-likeness (QED) is 0.460. The van der Waals surface area contributed by atoms with Crippen LogP contribution in [0.2, 0.25) is 0 Å². The minimum atomic E-state index is -0.335. The molecule has 0 aliphatic heterocycles. The first-order chi connectivity index (χ1) is 11.1. The van der Waals surface area contributed by atoms with Crippen LogP contribution in [-0.2, 0) is 0 Å². The monoisotopic (exact) mass is 305 g/mol. The number of rotatable bonds is 5. The first-order valence-corrected chi connectivity index (χ1v) is 7.46. The van der Waals surface area contributed by atoms with E-state index in [-0.39, 0.29) is 11.4 Å². The molecule has 0 heterocycles. The molecule has 3 heteroatoms. The lowest BCUT2D eigenvalue weighted by molar-refractivity contribution is 0.103. The lowest BCUT2D eigenvalue weighted by Crippen LogP contribution is -2.04. The summed E-state index contributed by atoms with van der Waals surface area (Å²) in [4.78, 5) is 12.6. The molecular formula is C20H19NO2. The van der Waals surface area contributed by atoms with Gasteiger partial charge in [-0.25, -0.2) is 0 Å². The van der Waals surface area contributed by atoms with E-state index in [2.05, 4.69) is 13.8 Å². The minimum absolute atomic E-state index is 0.0896. The third-order valence-corrected chi connectivity index (χ3v) is 3.63. The molecule has 0 saturated carbocycles. The molecule has 116 valence electrons. The molecule has 0 unspecified atom stereocenters.